The highest BCUT2D eigenvalue weighted by Gasteiger charge is 2.18. The van der Waals surface area contributed by atoms with Crippen molar-refractivity contribution in [3.63, 3.8) is 0 Å². The Balaban J connectivity index is 2.66. The van der Waals surface area contributed by atoms with Crippen molar-refractivity contribution in [3.05, 3.63) is 24.5 Å². The molecule has 168 valence electrons. The molecule has 1 unspecified atom stereocenters. The lowest BCUT2D eigenvalue weighted by atomic mass is 10.1. The van der Waals surface area contributed by atoms with Gasteiger partial charge in [0.05, 0.1) is 11.9 Å². The zero-order chi connectivity index (χ0) is 22.4. The molecule has 0 saturated carbocycles. The summed E-state index contributed by atoms with van der Waals surface area (Å²) >= 11 is 0. The molecule has 1 rings (SSSR count). The number of alkyl carbamates (subject to hydrolysis) is 1. The summed E-state index contributed by atoms with van der Waals surface area (Å²) in [5.41, 5.74) is 0.0760. The van der Waals surface area contributed by atoms with Gasteiger partial charge in [0, 0.05) is 25.3 Å². The van der Waals surface area contributed by atoms with E-state index in [1.165, 1.54) is 0 Å². The van der Waals surface area contributed by atoms with Crippen LogP contribution in [0.3, 0.4) is 0 Å². The Morgan fingerprint density at radius 1 is 1.23 bits per heavy atom. The lowest BCUT2D eigenvalue weighted by Crippen LogP contribution is -2.49. The second kappa shape index (κ2) is 13.4. The number of nitrogens with one attached hydrogen (secondary N) is 4. The van der Waals surface area contributed by atoms with Crippen molar-refractivity contribution in [1.82, 2.24) is 20.9 Å². The first kappa shape index (κ1) is 25.2. The molecule has 0 aliphatic carbocycles. The van der Waals surface area contributed by atoms with Gasteiger partial charge in [-0.3, -0.25) is 9.78 Å². The molecule has 4 N–H and O–H groups in total. The fourth-order valence-corrected chi connectivity index (χ4v) is 2.50. The molecule has 0 radical (unpaired) electrons. The maximum absolute atomic E-state index is 12.2. The molecule has 1 aromatic heterocycles. The first-order valence-corrected chi connectivity index (χ1v) is 10.4. The number of aromatic nitrogens is 1. The molecule has 0 saturated heterocycles. The number of pyridine rings is 1. The largest absolute Gasteiger partial charge is 0.444 e. The van der Waals surface area contributed by atoms with E-state index in [9.17, 15) is 9.59 Å². The van der Waals surface area contributed by atoms with Crippen molar-refractivity contribution >= 4 is 23.6 Å². The third-order valence-electron chi connectivity index (χ3n) is 3.81. The Labute approximate surface area is 179 Å². The molecule has 30 heavy (non-hydrogen) atoms. The maximum atomic E-state index is 12.2. The lowest BCUT2D eigenvalue weighted by Gasteiger charge is -2.24. The molecule has 0 bridgehead atoms. The van der Waals surface area contributed by atoms with Crippen molar-refractivity contribution < 1.29 is 14.3 Å². The number of guanidine groups is 1. The highest BCUT2D eigenvalue weighted by molar-refractivity contribution is 5.93. The molecule has 2 amide bonds. The second-order valence-electron chi connectivity index (χ2n) is 7.85. The number of hydrogen-bond donors (Lipinski definition) is 4. The number of rotatable bonds is 10. The number of anilines is 1. The third-order valence-corrected chi connectivity index (χ3v) is 3.81. The standard InChI is InChI=1S/C21H36N6O3/c1-6-8-10-17(14-25-20(29)30-21(3,4)5)27-19(23-7-2)24-15-18(28)26-16-11-9-12-22-13-16/h9,11-13,17H,6-8,10,14-15H2,1-5H3,(H,25,29)(H,26,28)(H2,23,24,27). The summed E-state index contributed by atoms with van der Waals surface area (Å²) in [5.74, 6) is 0.281. The van der Waals surface area contributed by atoms with Crippen LogP contribution in [0.25, 0.3) is 0 Å². The number of ether oxygens (including phenoxy) is 1. The maximum Gasteiger partial charge on any atom is 0.407 e. The molecule has 0 spiro atoms. The summed E-state index contributed by atoms with van der Waals surface area (Å²) in [5, 5.41) is 12.0. The van der Waals surface area contributed by atoms with Crippen LogP contribution in [0.5, 0.6) is 0 Å². The van der Waals surface area contributed by atoms with Gasteiger partial charge in [-0.15, -0.1) is 0 Å². The minimum Gasteiger partial charge on any atom is -0.444 e. The summed E-state index contributed by atoms with van der Waals surface area (Å²) in [6.07, 6.45) is 5.64. The normalized spacial score (nSPS) is 12.6. The van der Waals surface area contributed by atoms with E-state index in [0.29, 0.717) is 24.7 Å². The van der Waals surface area contributed by atoms with E-state index < -0.39 is 11.7 Å². The molecule has 0 aromatic carbocycles. The van der Waals surface area contributed by atoms with Crippen LogP contribution in [-0.4, -0.2) is 54.2 Å². The predicted octanol–water partition coefficient (Wildman–Crippen LogP) is 2.66. The summed E-state index contributed by atoms with van der Waals surface area (Å²) in [6.45, 7) is 10.5. The van der Waals surface area contributed by atoms with Gasteiger partial charge >= 0.3 is 6.09 Å². The summed E-state index contributed by atoms with van der Waals surface area (Å²) in [7, 11) is 0. The number of carbonyl (C=O) groups is 2. The van der Waals surface area contributed by atoms with Crippen molar-refractivity contribution in [1.29, 1.82) is 0 Å². The van der Waals surface area contributed by atoms with Gasteiger partial charge in [0.2, 0.25) is 5.91 Å². The zero-order valence-electron chi connectivity index (χ0n) is 18.7. The van der Waals surface area contributed by atoms with Crippen LogP contribution in [0, 0.1) is 0 Å². The van der Waals surface area contributed by atoms with E-state index in [4.69, 9.17) is 4.74 Å². The van der Waals surface area contributed by atoms with Crippen LogP contribution >= 0.6 is 0 Å². The molecule has 0 aliphatic heterocycles. The first-order valence-electron chi connectivity index (χ1n) is 10.4. The molecule has 9 nitrogen and oxygen atoms in total. The fourth-order valence-electron chi connectivity index (χ4n) is 2.50. The molecule has 1 heterocycles. The van der Waals surface area contributed by atoms with E-state index in [-0.39, 0.29) is 18.5 Å². The van der Waals surface area contributed by atoms with E-state index in [0.717, 1.165) is 19.3 Å². The molecule has 1 atom stereocenters. The third kappa shape index (κ3) is 11.9. The van der Waals surface area contributed by atoms with Gasteiger partial charge in [0.25, 0.3) is 0 Å². The SMILES string of the molecule is CCCCC(CNC(=O)OC(C)(C)C)NC(=NCC(=O)Nc1cccnc1)NCC. The average molecular weight is 421 g/mol. The Kier molecular flexibility index (Phi) is 11.3. The van der Waals surface area contributed by atoms with Crippen molar-refractivity contribution in [2.75, 3.05) is 25.0 Å². The zero-order valence-corrected chi connectivity index (χ0v) is 18.7. The smallest absolute Gasteiger partial charge is 0.407 e. The van der Waals surface area contributed by atoms with E-state index in [1.54, 1.807) is 24.5 Å². The van der Waals surface area contributed by atoms with Crippen LogP contribution in [0.2, 0.25) is 0 Å². The van der Waals surface area contributed by atoms with Crippen LogP contribution in [0.1, 0.15) is 53.9 Å². The van der Waals surface area contributed by atoms with Gasteiger partial charge < -0.3 is 26.0 Å². The quantitative estimate of drug-likeness (QED) is 0.342. The summed E-state index contributed by atoms with van der Waals surface area (Å²) < 4.78 is 5.30. The van der Waals surface area contributed by atoms with E-state index >= 15 is 0 Å². The first-order chi connectivity index (χ1) is 14.2. The minimum atomic E-state index is -0.547. The monoisotopic (exact) mass is 420 g/mol. The number of unbranched alkanes of at least 4 members (excludes halogenated alkanes) is 1. The molecule has 1 aromatic rings. The Bertz CT molecular complexity index is 673. The number of aliphatic imine (C=N–C) groups is 1. The van der Waals surface area contributed by atoms with Gasteiger partial charge in [-0.2, -0.15) is 0 Å². The summed E-state index contributed by atoms with van der Waals surface area (Å²) in [4.78, 5) is 32.5. The number of nitrogens with zero attached hydrogens (tertiary/aromatic N) is 2. The molecule has 9 heteroatoms. The Hall–Kier alpha value is -2.84. The molecular weight excluding hydrogens is 384 g/mol. The highest BCUT2D eigenvalue weighted by Crippen LogP contribution is 2.07. The second-order valence-corrected chi connectivity index (χ2v) is 7.85. The van der Waals surface area contributed by atoms with Gasteiger partial charge in [-0.25, -0.2) is 9.79 Å². The van der Waals surface area contributed by atoms with E-state index in [1.807, 2.05) is 27.7 Å². The van der Waals surface area contributed by atoms with Crippen molar-refractivity contribution in [2.45, 2.75) is 65.5 Å². The molecule has 0 aliphatic rings. The number of carbonyl (C=O) groups excluding carboxylic acids is 2. The van der Waals surface area contributed by atoms with Crippen LogP contribution < -0.4 is 21.3 Å². The van der Waals surface area contributed by atoms with Crippen molar-refractivity contribution in [3.8, 4) is 0 Å². The number of hydrogen-bond acceptors (Lipinski definition) is 5. The van der Waals surface area contributed by atoms with Gasteiger partial charge in [0.1, 0.15) is 12.1 Å². The van der Waals surface area contributed by atoms with Gasteiger partial charge in [-0.05, 0) is 46.2 Å². The average Bonchev–Trinajstić information content (AvgIpc) is 2.67. The van der Waals surface area contributed by atoms with Crippen LogP contribution in [0.15, 0.2) is 29.5 Å². The van der Waals surface area contributed by atoms with E-state index in [2.05, 4.69) is 38.2 Å². The minimum absolute atomic E-state index is 0.0375. The number of amides is 2. The van der Waals surface area contributed by atoms with Gasteiger partial charge in [-0.1, -0.05) is 19.8 Å². The fraction of sp³-hybridized carbons (Fsp3) is 0.619. The molecular formula is C21H36N6O3. The predicted molar refractivity (Wildman–Crippen MR) is 120 cm³/mol. The summed E-state index contributed by atoms with van der Waals surface area (Å²) in [6, 6.07) is 3.47. The lowest BCUT2D eigenvalue weighted by molar-refractivity contribution is -0.114. The Morgan fingerprint density at radius 2 is 2.00 bits per heavy atom. The highest BCUT2D eigenvalue weighted by atomic mass is 16.6. The van der Waals surface area contributed by atoms with Crippen LogP contribution in [-0.2, 0) is 9.53 Å². The van der Waals surface area contributed by atoms with Gasteiger partial charge in [0.15, 0.2) is 5.96 Å². The van der Waals surface area contributed by atoms with Crippen LogP contribution in [0.4, 0.5) is 10.5 Å². The van der Waals surface area contributed by atoms with Crippen molar-refractivity contribution in [2.24, 2.45) is 4.99 Å². The molecule has 0 fully saturated rings. The topological polar surface area (TPSA) is 117 Å². The Morgan fingerprint density at radius 3 is 2.60 bits per heavy atom.